The standard InChI is InChI=1S/C48H32N4S/c1-48(2)37-22-12-9-19-31(37)35-28-41-36(27-38(35)48)32-20-10-13-23-39(32)52(41)40-26-25-34(44-43(40)33-21-11-14-24-42(33)53-44)47-50-45(29-15-5-3-6-16-29)49-46(51-47)30-17-7-4-8-18-30/h3-28H,1-2H3. The molecule has 0 bridgehead atoms. The predicted octanol–water partition coefficient (Wildman–Crippen LogP) is 12.6. The van der Waals surface area contributed by atoms with Crippen LogP contribution in [0.3, 0.4) is 0 Å². The minimum absolute atomic E-state index is 0.0798. The van der Waals surface area contributed by atoms with Gasteiger partial charge in [0.2, 0.25) is 0 Å². The second-order valence-corrected chi connectivity index (χ2v) is 15.5. The second-order valence-electron chi connectivity index (χ2n) is 14.4. The lowest BCUT2D eigenvalue weighted by Gasteiger charge is -2.21. The number of hydrogen-bond donors (Lipinski definition) is 0. The summed E-state index contributed by atoms with van der Waals surface area (Å²) >= 11 is 1.81. The molecule has 53 heavy (non-hydrogen) atoms. The Morgan fingerprint density at radius 1 is 0.472 bits per heavy atom. The fourth-order valence-electron chi connectivity index (χ4n) is 8.52. The normalized spacial score (nSPS) is 13.2. The average molecular weight is 697 g/mol. The maximum Gasteiger partial charge on any atom is 0.165 e. The zero-order valence-corrected chi connectivity index (χ0v) is 30.0. The lowest BCUT2D eigenvalue weighted by Crippen LogP contribution is -2.14. The van der Waals surface area contributed by atoms with Crippen molar-refractivity contribution in [1.29, 1.82) is 0 Å². The van der Waals surface area contributed by atoms with Crippen LogP contribution in [0.5, 0.6) is 0 Å². The summed E-state index contributed by atoms with van der Waals surface area (Å²) in [5, 5.41) is 4.96. The summed E-state index contributed by atoms with van der Waals surface area (Å²) in [4.78, 5) is 15.3. The number of fused-ring (bicyclic) bond motifs is 9. The van der Waals surface area contributed by atoms with Crippen molar-refractivity contribution in [2.24, 2.45) is 0 Å². The highest BCUT2D eigenvalue weighted by atomic mass is 32.1. The summed E-state index contributed by atoms with van der Waals surface area (Å²) in [5.74, 6) is 1.99. The molecule has 10 aromatic rings. The van der Waals surface area contributed by atoms with Crippen molar-refractivity contribution >= 4 is 53.3 Å². The molecule has 5 heteroatoms. The monoisotopic (exact) mass is 696 g/mol. The van der Waals surface area contributed by atoms with Crippen LogP contribution in [0.15, 0.2) is 158 Å². The van der Waals surface area contributed by atoms with Gasteiger partial charge in [0.25, 0.3) is 0 Å². The Bertz CT molecular complexity index is 3020. The van der Waals surface area contributed by atoms with Crippen LogP contribution in [0.4, 0.5) is 0 Å². The van der Waals surface area contributed by atoms with Gasteiger partial charge in [-0.2, -0.15) is 0 Å². The van der Waals surface area contributed by atoms with E-state index in [-0.39, 0.29) is 5.41 Å². The molecule has 0 spiro atoms. The molecule has 1 aliphatic rings. The summed E-state index contributed by atoms with van der Waals surface area (Å²) in [5.41, 5.74) is 11.8. The third kappa shape index (κ3) is 4.44. The first-order valence-corrected chi connectivity index (χ1v) is 18.9. The van der Waals surface area contributed by atoms with Crippen LogP contribution in [0.25, 0.3) is 93.0 Å². The lowest BCUT2D eigenvalue weighted by atomic mass is 9.82. The number of rotatable bonds is 4. The van der Waals surface area contributed by atoms with Crippen molar-refractivity contribution in [3.63, 3.8) is 0 Å². The highest BCUT2D eigenvalue weighted by Gasteiger charge is 2.36. The third-order valence-electron chi connectivity index (χ3n) is 11.1. The van der Waals surface area contributed by atoms with Gasteiger partial charge < -0.3 is 4.57 Å². The highest BCUT2D eigenvalue weighted by molar-refractivity contribution is 7.26. The van der Waals surface area contributed by atoms with Crippen LogP contribution in [0.2, 0.25) is 0 Å². The first kappa shape index (κ1) is 30.2. The first-order chi connectivity index (χ1) is 26.0. The Kier molecular flexibility index (Phi) is 6.43. The largest absolute Gasteiger partial charge is 0.309 e. The molecule has 3 heterocycles. The summed E-state index contributed by atoms with van der Waals surface area (Å²) in [7, 11) is 0. The molecule has 7 aromatic carbocycles. The van der Waals surface area contributed by atoms with Crippen molar-refractivity contribution in [2.75, 3.05) is 0 Å². The van der Waals surface area contributed by atoms with Crippen molar-refractivity contribution in [2.45, 2.75) is 19.3 Å². The van der Waals surface area contributed by atoms with E-state index in [1.54, 1.807) is 11.3 Å². The van der Waals surface area contributed by atoms with E-state index in [1.807, 2.05) is 36.4 Å². The molecule has 0 saturated heterocycles. The summed E-state index contributed by atoms with van der Waals surface area (Å²) in [6, 6.07) is 56.3. The molecule has 0 unspecified atom stereocenters. The minimum atomic E-state index is -0.0798. The van der Waals surface area contributed by atoms with Gasteiger partial charge in [-0.3, -0.25) is 0 Å². The van der Waals surface area contributed by atoms with Gasteiger partial charge in [-0.25, -0.2) is 15.0 Å². The molecule has 0 amide bonds. The predicted molar refractivity (Wildman–Crippen MR) is 221 cm³/mol. The fourth-order valence-corrected chi connectivity index (χ4v) is 9.76. The molecule has 0 saturated carbocycles. The molecule has 0 aliphatic heterocycles. The molecule has 0 radical (unpaired) electrons. The molecule has 0 N–H and O–H groups in total. The van der Waals surface area contributed by atoms with E-state index >= 15 is 0 Å². The van der Waals surface area contributed by atoms with Crippen LogP contribution < -0.4 is 0 Å². The topological polar surface area (TPSA) is 43.6 Å². The van der Waals surface area contributed by atoms with E-state index in [2.05, 4.69) is 140 Å². The van der Waals surface area contributed by atoms with E-state index < -0.39 is 0 Å². The van der Waals surface area contributed by atoms with Gasteiger partial charge >= 0.3 is 0 Å². The van der Waals surface area contributed by atoms with Gasteiger partial charge in [0, 0.05) is 53.1 Å². The Morgan fingerprint density at radius 2 is 1.09 bits per heavy atom. The van der Waals surface area contributed by atoms with Gasteiger partial charge in [-0.1, -0.05) is 135 Å². The van der Waals surface area contributed by atoms with Crippen molar-refractivity contribution in [3.8, 4) is 51.0 Å². The second kappa shape index (κ2) is 11.3. The van der Waals surface area contributed by atoms with Crippen LogP contribution in [0, 0.1) is 0 Å². The molecule has 0 atom stereocenters. The third-order valence-corrected chi connectivity index (χ3v) is 12.3. The molecule has 4 nitrogen and oxygen atoms in total. The smallest absolute Gasteiger partial charge is 0.165 e. The average Bonchev–Trinajstić information content (AvgIpc) is 3.83. The first-order valence-electron chi connectivity index (χ1n) is 18.0. The number of nitrogens with zero attached hydrogens (tertiary/aromatic N) is 4. The number of hydrogen-bond acceptors (Lipinski definition) is 4. The Balaban J connectivity index is 1.22. The highest BCUT2D eigenvalue weighted by Crippen LogP contribution is 2.52. The molecule has 3 aromatic heterocycles. The lowest BCUT2D eigenvalue weighted by molar-refractivity contribution is 0.661. The summed E-state index contributed by atoms with van der Waals surface area (Å²) in [6.45, 7) is 4.71. The van der Waals surface area contributed by atoms with Crippen molar-refractivity contribution in [3.05, 3.63) is 169 Å². The van der Waals surface area contributed by atoms with Gasteiger partial charge in [0.1, 0.15) is 0 Å². The van der Waals surface area contributed by atoms with Gasteiger partial charge in [0.15, 0.2) is 17.5 Å². The van der Waals surface area contributed by atoms with Crippen LogP contribution in [0.1, 0.15) is 25.0 Å². The number of thiophene rings is 1. The van der Waals surface area contributed by atoms with Crippen LogP contribution >= 0.6 is 11.3 Å². The van der Waals surface area contributed by atoms with Gasteiger partial charge in [-0.15, -0.1) is 11.3 Å². The zero-order chi connectivity index (χ0) is 35.3. The summed E-state index contributed by atoms with van der Waals surface area (Å²) < 4.78 is 4.88. The van der Waals surface area contributed by atoms with Gasteiger partial charge in [0.05, 0.1) is 16.7 Å². The van der Waals surface area contributed by atoms with E-state index in [0.29, 0.717) is 17.5 Å². The number of aromatic nitrogens is 4. The maximum atomic E-state index is 5.16. The molecule has 0 fully saturated rings. The summed E-state index contributed by atoms with van der Waals surface area (Å²) in [6.07, 6.45) is 0. The van der Waals surface area contributed by atoms with Crippen LogP contribution in [-0.4, -0.2) is 19.5 Å². The molecular weight excluding hydrogens is 665 g/mol. The zero-order valence-electron chi connectivity index (χ0n) is 29.2. The Hall–Kier alpha value is -6.43. The maximum absolute atomic E-state index is 5.16. The van der Waals surface area contributed by atoms with Crippen molar-refractivity contribution in [1.82, 2.24) is 19.5 Å². The van der Waals surface area contributed by atoms with E-state index in [9.17, 15) is 0 Å². The quantitative estimate of drug-likeness (QED) is 0.184. The molecular formula is C48H32N4S. The fraction of sp³-hybridized carbons (Fsp3) is 0.0625. The van der Waals surface area contributed by atoms with E-state index in [1.165, 1.54) is 59.5 Å². The van der Waals surface area contributed by atoms with Gasteiger partial charge in [-0.05, 0) is 58.7 Å². The Labute approximate surface area is 310 Å². The van der Waals surface area contributed by atoms with Crippen molar-refractivity contribution < 1.29 is 0 Å². The number of para-hydroxylation sites is 1. The molecule has 11 rings (SSSR count). The van der Waals surface area contributed by atoms with Crippen LogP contribution in [-0.2, 0) is 5.41 Å². The molecule has 1 aliphatic carbocycles. The van der Waals surface area contributed by atoms with E-state index in [4.69, 9.17) is 15.0 Å². The Morgan fingerprint density at radius 3 is 1.85 bits per heavy atom. The van der Waals surface area contributed by atoms with E-state index in [0.717, 1.165) is 27.1 Å². The SMILES string of the molecule is CC1(C)c2ccccc2-c2cc3c(cc21)c1ccccc1n3-c1ccc(-c2nc(-c3ccccc3)nc(-c3ccccc3)n2)c2sc3ccccc3c12. The molecule has 250 valence electrons. The minimum Gasteiger partial charge on any atom is -0.309 e. The number of benzene rings is 7.